The zero-order chi connectivity index (χ0) is 19.2. The van der Waals surface area contributed by atoms with Crippen molar-refractivity contribution in [1.82, 2.24) is 20.2 Å². The number of hydrogen-bond donors (Lipinski definition) is 1. The van der Waals surface area contributed by atoms with Gasteiger partial charge in [-0.05, 0) is 33.0 Å². The number of rotatable bonds is 8. The second-order valence-electron chi connectivity index (χ2n) is 6.65. The Balaban J connectivity index is 1.77. The third-order valence-corrected chi connectivity index (χ3v) is 5.01. The molecule has 0 bridgehead atoms. The highest BCUT2D eigenvalue weighted by atomic mass is 16.5. The standard InChI is InChI=1S/C19H29N5O3/c1-4-23(5-2)8-6-7-20-18(25)15-14(3)27-19-16(15)17(21-13-22-19)24-9-11-26-12-10-24/h13H,4-12H2,1-3H3,(H,20,25). The van der Waals surface area contributed by atoms with Gasteiger partial charge in [0.25, 0.3) is 5.91 Å². The molecule has 0 radical (unpaired) electrons. The average molecular weight is 375 g/mol. The molecule has 3 rings (SSSR count). The molecule has 1 saturated heterocycles. The van der Waals surface area contributed by atoms with Crippen molar-refractivity contribution < 1.29 is 13.9 Å². The Morgan fingerprint density at radius 2 is 2.00 bits per heavy atom. The van der Waals surface area contributed by atoms with Crippen LogP contribution in [0.25, 0.3) is 11.1 Å². The van der Waals surface area contributed by atoms with Crippen LogP contribution in [0.3, 0.4) is 0 Å². The number of furan rings is 1. The van der Waals surface area contributed by atoms with Crippen LogP contribution in [0.4, 0.5) is 5.82 Å². The van der Waals surface area contributed by atoms with E-state index in [0.29, 0.717) is 42.2 Å². The van der Waals surface area contributed by atoms with Crippen molar-refractivity contribution in [2.24, 2.45) is 0 Å². The first-order valence-corrected chi connectivity index (χ1v) is 9.73. The quantitative estimate of drug-likeness (QED) is 0.705. The monoisotopic (exact) mass is 375 g/mol. The molecule has 1 amide bonds. The van der Waals surface area contributed by atoms with Gasteiger partial charge in [-0.1, -0.05) is 13.8 Å². The number of aromatic nitrogens is 2. The summed E-state index contributed by atoms with van der Waals surface area (Å²) >= 11 is 0. The van der Waals surface area contributed by atoms with Crippen LogP contribution in [-0.4, -0.2) is 73.3 Å². The van der Waals surface area contributed by atoms with Crippen LogP contribution in [0.5, 0.6) is 0 Å². The van der Waals surface area contributed by atoms with E-state index in [2.05, 4.69) is 38.9 Å². The Bertz CT molecular complexity index is 766. The summed E-state index contributed by atoms with van der Waals surface area (Å²) in [5, 5.41) is 3.72. The molecule has 8 heteroatoms. The van der Waals surface area contributed by atoms with Crippen LogP contribution in [0, 0.1) is 6.92 Å². The molecular formula is C19H29N5O3. The number of ether oxygens (including phenoxy) is 1. The SMILES string of the molecule is CCN(CC)CCCNC(=O)c1c(C)oc2ncnc(N3CCOCC3)c12. The number of carbonyl (C=O) groups is 1. The zero-order valence-corrected chi connectivity index (χ0v) is 16.5. The van der Waals surface area contributed by atoms with Crippen molar-refractivity contribution in [2.75, 3.05) is 57.4 Å². The van der Waals surface area contributed by atoms with E-state index >= 15 is 0 Å². The summed E-state index contributed by atoms with van der Waals surface area (Å²) in [5.41, 5.74) is 0.993. The smallest absolute Gasteiger partial charge is 0.255 e. The van der Waals surface area contributed by atoms with Gasteiger partial charge in [0.15, 0.2) is 0 Å². The lowest BCUT2D eigenvalue weighted by molar-refractivity contribution is 0.0951. The van der Waals surface area contributed by atoms with Crippen molar-refractivity contribution in [3.8, 4) is 0 Å². The predicted molar refractivity (Wildman–Crippen MR) is 104 cm³/mol. The third kappa shape index (κ3) is 4.39. The van der Waals surface area contributed by atoms with Gasteiger partial charge in [0.2, 0.25) is 5.71 Å². The molecule has 1 aliphatic rings. The van der Waals surface area contributed by atoms with Gasteiger partial charge in [-0.25, -0.2) is 9.97 Å². The number of nitrogens with zero attached hydrogens (tertiary/aromatic N) is 4. The minimum absolute atomic E-state index is 0.130. The van der Waals surface area contributed by atoms with Crippen LogP contribution >= 0.6 is 0 Å². The highest BCUT2D eigenvalue weighted by Gasteiger charge is 2.25. The molecular weight excluding hydrogens is 346 g/mol. The first-order valence-electron chi connectivity index (χ1n) is 9.73. The van der Waals surface area contributed by atoms with E-state index in [1.807, 2.05) is 0 Å². The van der Waals surface area contributed by atoms with Crippen molar-refractivity contribution in [3.63, 3.8) is 0 Å². The van der Waals surface area contributed by atoms with E-state index in [1.165, 1.54) is 6.33 Å². The Morgan fingerprint density at radius 3 is 2.70 bits per heavy atom. The minimum atomic E-state index is -0.130. The lowest BCUT2D eigenvalue weighted by atomic mass is 10.1. The number of aryl methyl sites for hydroxylation is 1. The number of anilines is 1. The summed E-state index contributed by atoms with van der Waals surface area (Å²) in [4.78, 5) is 26.0. The molecule has 1 fully saturated rings. The number of amides is 1. The zero-order valence-electron chi connectivity index (χ0n) is 16.5. The van der Waals surface area contributed by atoms with Gasteiger partial charge in [-0.2, -0.15) is 0 Å². The highest BCUT2D eigenvalue weighted by molar-refractivity contribution is 6.10. The van der Waals surface area contributed by atoms with Gasteiger partial charge in [-0.15, -0.1) is 0 Å². The Kier molecular flexibility index (Phi) is 6.63. The Morgan fingerprint density at radius 1 is 1.26 bits per heavy atom. The van der Waals surface area contributed by atoms with Gasteiger partial charge in [0.05, 0.1) is 24.2 Å². The molecule has 0 aliphatic carbocycles. The number of morpholine rings is 1. The lowest BCUT2D eigenvalue weighted by Gasteiger charge is -2.28. The normalized spacial score (nSPS) is 14.9. The first kappa shape index (κ1) is 19.6. The summed E-state index contributed by atoms with van der Waals surface area (Å²) in [6, 6.07) is 0. The Hall–Kier alpha value is -2.19. The molecule has 148 valence electrons. The molecule has 2 aromatic heterocycles. The molecule has 2 aromatic rings. The van der Waals surface area contributed by atoms with Crippen molar-refractivity contribution in [1.29, 1.82) is 0 Å². The van der Waals surface area contributed by atoms with Gasteiger partial charge in [0, 0.05) is 19.6 Å². The van der Waals surface area contributed by atoms with Crippen LogP contribution in [0.15, 0.2) is 10.7 Å². The maximum absolute atomic E-state index is 12.9. The van der Waals surface area contributed by atoms with Gasteiger partial charge < -0.3 is 24.3 Å². The summed E-state index contributed by atoms with van der Waals surface area (Å²) < 4.78 is 11.2. The largest absolute Gasteiger partial charge is 0.442 e. The van der Waals surface area contributed by atoms with Crippen LogP contribution in [-0.2, 0) is 4.74 Å². The molecule has 0 unspecified atom stereocenters. The number of fused-ring (bicyclic) bond motifs is 1. The summed E-state index contributed by atoms with van der Waals surface area (Å²) in [6.07, 6.45) is 2.40. The van der Waals surface area contributed by atoms with E-state index in [9.17, 15) is 4.79 Å². The van der Waals surface area contributed by atoms with Gasteiger partial charge in [-0.3, -0.25) is 4.79 Å². The predicted octanol–water partition coefficient (Wildman–Crippen LogP) is 1.83. The molecule has 1 N–H and O–H groups in total. The van der Waals surface area contributed by atoms with E-state index in [0.717, 1.165) is 45.0 Å². The van der Waals surface area contributed by atoms with E-state index in [-0.39, 0.29) is 5.91 Å². The second kappa shape index (κ2) is 9.14. The molecule has 8 nitrogen and oxygen atoms in total. The number of carbonyl (C=O) groups excluding carboxylic acids is 1. The third-order valence-electron chi connectivity index (χ3n) is 5.01. The summed E-state index contributed by atoms with van der Waals surface area (Å²) in [5.74, 6) is 1.18. The lowest BCUT2D eigenvalue weighted by Crippen LogP contribution is -2.37. The van der Waals surface area contributed by atoms with Gasteiger partial charge >= 0.3 is 0 Å². The fraction of sp³-hybridized carbons (Fsp3) is 0.632. The van der Waals surface area contributed by atoms with Crippen LogP contribution in [0.1, 0.15) is 36.4 Å². The van der Waals surface area contributed by atoms with Crippen LogP contribution in [0.2, 0.25) is 0 Å². The van der Waals surface area contributed by atoms with Crippen LogP contribution < -0.4 is 10.2 Å². The van der Waals surface area contributed by atoms with E-state index in [1.54, 1.807) is 6.92 Å². The van der Waals surface area contributed by atoms with E-state index in [4.69, 9.17) is 9.15 Å². The maximum Gasteiger partial charge on any atom is 0.255 e. The molecule has 27 heavy (non-hydrogen) atoms. The summed E-state index contributed by atoms with van der Waals surface area (Å²) in [7, 11) is 0. The van der Waals surface area contributed by atoms with Crippen molar-refractivity contribution in [2.45, 2.75) is 27.2 Å². The van der Waals surface area contributed by atoms with Crippen molar-refractivity contribution in [3.05, 3.63) is 17.7 Å². The highest BCUT2D eigenvalue weighted by Crippen LogP contribution is 2.31. The molecule has 0 saturated carbocycles. The average Bonchev–Trinajstić information content (AvgIpc) is 3.04. The summed E-state index contributed by atoms with van der Waals surface area (Å²) in [6.45, 7) is 12.5. The molecule has 3 heterocycles. The molecule has 0 atom stereocenters. The van der Waals surface area contributed by atoms with E-state index < -0.39 is 0 Å². The Labute approximate surface area is 159 Å². The topological polar surface area (TPSA) is 83.7 Å². The number of hydrogen-bond acceptors (Lipinski definition) is 7. The molecule has 0 spiro atoms. The fourth-order valence-corrected chi connectivity index (χ4v) is 3.45. The minimum Gasteiger partial charge on any atom is -0.442 e. The molecule has 0 aromatic carbocycles. The first-order chi connectivity index (χ1) is 13.2. The second-order valence-corrected chi connectivity index (χ2v) is 6.65. The van der Waals surface area contributed by atoms with Crippen molar-refractivity contribution >= 4 is 22.8 Å². The van der Waals surface area contributed by atoms with Gasteiger partial charge in [0.1, 0.15) is 17.9 Å². The molecule has 1 aliphatic heterocycles. The maximum atomic E-state index is 12.9. The number of nitrogens with one attached hydrogen (secondary N) is 1. The fourth-order valence-electron chi connectivity index (χ4n) is 3.45.